The Bertz CT molecular complexity index is 739. The monoisotopic (exact) mass is 338 g/mol. The molecule has 0 bridgehead atoms. The lowest BCUT2D eigenvalue weighted by atomic mass is 10.2. The largest absolute Gasteiger partial charge is 0.434 e. The molecule has 3 amide bonds. The van der Waals surface area contributed by atoms with Crippen LogP contribution in [0.4, 0.5) is 14.9 Å². The number of nitrogens with zero attached hydrogens (tertiary/aromatic N) is 2. The zero-order valence-electron chi connectivity index (χ0n) is 11.6. The first-order valence-corrected chi connectivity index (χ1v) is 7.51. The van der Waals surface area contributed by atoms with Gasteiger partial charge in [-0.3, -0.25) is 14.5 Å². The van der Waals surface area contributed by atoms with Crippen molar-refractivity contribution in [1.82, 2.24) is 5.43 Å². The molecule has 2 aliphatic heterocycles. The fraction of sp³-hybridized carbons (Fsp3) is 0.231. The van der Waals surface area contributed by atoms with Gasteiger partial charge in [0.15, 0.2) is 6.10 Å². The first-order valence-electron chi connectivity index (χ1n) is 6.52. The number of thioether (sulfide) groups is 1. The van der Waals surface area contributed by atoms with Crippen LogP contribution in [0.5, 0.6) is 0 Å². The van der Waals surface area contributed by atoms with Crippen LogP contribution < -0.4 is 16.1 Å². The minimum absolute atomic E-state index is 0.0707. The molecule has 2 heterocycles. The third-order valence-corrected chi connectivity index (χ3v) is 4.24. The molecule has 1 unspecified atom stereocenters. The van der Waals surface area contributed by atoms with Gasteiger partial charge in [-0.1, -0.05) is 11.8 Å². The lowest BCUT2D eigenvalue weighted by Crippen LogP contribution is -2.32. The van der Waals surface area contributed by atoms with Crippen LogP contribution in [0.15, 0.2) is 23.3 Å². The number of amides is 3. The van der Waals surface area contributed by atoms with Crippen LogP contribution in [-0.4, -0.2) is 41.4 Å². The fourth-order valence-electron chi connectivity index (χ4n) is 2.12. The predicted octanol–water partition coefficient (Wildman–Crippen LogP) is 0.161. The number of ether oxygens (including phenoxy) is 1. The van der Waals surface area contributed by atoms with E-state index in [0.717, 1.165) is 22.7 Å². The van der Waals surface area contributed by atoms with E-state index in [9.17, 15) is 18.8 Å². The second-order valence-electron chi connectivity index (χ2n) is 4.79. The average molecular weight is 338 g/mol. The number of hydrogen-bond acceptors (Lipinski definition) is 6. The van der Waals surface area contributed by atoms with E-state index in [2.05, 4.69) is 10.5 Å². The van der Waals surface area contributed by atoms with Crippen molar-refractivity contribution < 1.29 is 23.5 Å². The van der Waals surface area contributed by atoms with Crippen molar-refractivity contribution in [2.24, 2.45) is 10.8 Å². The van der Waals surface area contributed by atoms with Crippen molar-refractivity contribution >= 4 is 40.4 Å². The number of anilines is 1. The summed E-state index contributed by atoms with van der Waals surface area (Å²) in [4.78, 5) is 35.0. The molecule has 120 valence electrons. The molecule has 1 saturated heterocycles. The van der Waals surface area contributed by atoms with Crippen molar-refractivity contribution in [2.45, 2.75) is 6.10 Å². The maximum absolute atomic E-state index is 14.3. The summed E-state index contributed by atoms with van der Waals surface area (Å²) in [7, 11) is 0. The number of hydrogen-bond donors (Lipinski definition) is 2. The van der Waals surface area contributed by atoms with E-state index in [4.69, 9.17) is 10.5 Å². The molecule has 2 aliphatic rings. The van der Waals surface area contributed by atoms with Gasteiger partial charge in [0.1, 0.15) is 10.9 Å². The smallest absolute Gasteiger partial charge is 0.415 e. The SMILES string of the molecule is NC(=O)C1CN(c2ccc(C3=NNC(=O)CS3)c(F)c2)C(=O)O1. The van der Waals surface area contributed by atoms with Gasteiger partial charge in [0.2, 0.25) is 0 Å². The van der Waals surface area contributed by atoms with E-state index >= 15 is 0 Å². The van der Waals surface area contributed by atoms with E-state index in [-0.39, 0.29) is 29.5 Å². The van der Waals surface area contributed by atoms with Crippen LogP contribution >= 0.6 is 11.8 Å². The average Bonchev–Trinajstić information content (AvgIpc) is 2.90. The van der Waals surface area contributed by atoms with Gasteiger partial charge in [0.25, 0.3) is 11.8 Å². The van der Waals surface area contributed by atoms with Crippen LogP contribution in [0.1, 0.15) is 5.56 Å². The molecule has 0 saturated carbocycles. The first kappa shape index (κ1) is 15.3. The lowest BCUT2D eigenvalue weighted by molar-refractivity contribution is -0.124. The maximum Gasteiger partial charge on any atom is 0.415 e. The first-order chi connectivity index (χ1) is 11.0. The Hall–Kier alpha value is -2.62. The number of nitrogens with two attached hydrogens (primary N) is 1. The van der Waals surface area contributed by atoms with Gasteiger partial charge < -0.3 is 10.5 Å². The van der Waals surface area contributed by atoms with Crippen molar-refractivity contribution in [2.75, 3.05) is 17.2 Å². The second-order valence-corrected chi connectivity index (χ2v) is 5.75. The number of carbonyl (C=O) groups is 3. The van der Waals surface area contributed by atoms with E-state index in [1.165, 1.54) is 12.1 Å². The number of cyclic esters (lactones) is 1. The summed E-state index contributed by atoms with van der Waals surface area (Å²) in [6.45, 7) is -0.0707. The van der Waals surface area contributed by atoms with Gasteiger partial charge >= 0.3 is 6.09 Å². The highest BCUT2D eigenvalue weighted by Gasteiger charge is 2.36. The number of rotatable bonds is 3. The van der Waals surface area contributed by atoms with Gasteiger partial charge in [-0.25, -0.2) is 14.6 Å². The number of primary amides is 1. The van der Waals surface area contributed by atoms with Crippen LogP contribution in [0.25, 0.3) is 0 Å². The summed E-state index contributed by atoms with van der Waals surface area (Å²) in [5.74, 6) is -1.48. The van der Waals surface area contributed by atoms with Crippen LogP contribution in [0.3, 0.4) is 0 Å². The van der Waals surface area contributed by atoms with Crippen LogP contribution in [0.2, 0.25) is 0 Å². The zero-order valence-corrected chi connectivity index (χ0v) is 12.4. The molecule has 1 aromatic carbocycles. The van der Waals surface area contributed by atoms with Crippen molar-refractivity contribution in [3.63, 3.8) is 0 Å². The Balaban J connectivity index is 1.84. The third kappa shape index (κ3) is 2.97. The Morgan fingerprint density at radius 2 is 2.26 bits per heavy atom. The highest BCUT2D eigenvalue weighted by Crippen LogP contribution is 2.26. The standard InChI is InChI=1S/C13H11FN4O4S/c14-8-3-6(18-4-9(11(15)20)22-13(18)21)1-2-7(8)12-17-16-10(19)5-23-12/h1-3,9H,4-5H2,(H2,15,20)(H,16,19). The molecular weight excluding hydrogens is 327 g/mol. The molecule has 3 N–H and O–H groups in total. The number of hydrazone groups is 1. The van der Waals surface area contributed by atoms with Gasteiger partial charge in [-0.2, -0.15) is 5.10 Å². The van der Waals surface area contributed by atoms with E-state index < -0.39 is 23.9 Å². The van der Waals surface area contributed by atoms with Gasteiger partial charge in [-0.05, 0) is 18.2 Å². The highest BCUT2D eigenvalue weighted by atomic mass is 32.2. The second kappa shape index (κ2) is 5.88. The Morgan fingerprint density at radius 3 is 2.83 bits per heavy atom. The van der Waals surface area contributed by atoms with Gasteiger partial charge in [-0.15, -0.1) is 0 Å². The maximum atomic E-state index is 14.3. The van der Waals surface area contributed by atoms with Crippen molar-refractivity contribution in [3.8, 4) is 0 Å². The molecule has 0 aliphatic carbocycles. The van der Waals surface area contributed by atoms with E-state index in [1.807, 2.05) is 0 Å². The third-order valence-electron chi connectivity index (χ3n) is 3.25. The zero-order chi connectivity index (χ0) is 16.6. The summed E-state index contributed by atoms with van der Waals surface area (Å²) < 4.78 is 19.1. The molecule has 3 rings (SSSR count). The van der Waals surface area contributed by atoms with Crippen molar-refractivity contribution in [1.29, 1.82) is 0 Å². The number of nitrogens with one attached hydrogen (secondary N) is 1. The molecular formula is C13H11FN4O4S. The normalized spacial score (nSPS) is 20.8. The van der Waals surface area contributed by atoms with Crippen molar-refractivity contribution in [3.05, 3.63) is 29.6 Å². The molecule has 1 atom stereocenters. The van der Waals surface area contributed by atoms with Gasteiger partial charge in [0.05, 0.1) is 18.0 Å². The summed E-state index contributed by atoms with van der Waals surface area (Å²) >= 11 is 1.11. The molecule has 0 aromatic heterocycles. The minimum atomic E-state index is -1.06. The molecule has 10 heteroatoms. The van der Waals surface area contributed by atoms with Crippen LogP contribution in [-0.2, 0) is 14.3 Å². The number of halogens is 1. The number of benzene rings is 1. The molecule has 0 spiro atoms. The molecule has 23 heavy (non-hydrogen) atoms. The van der Waals surface area contributed by atoms with E-state index in [0.29, 0.717) is 5.04 Å². The molecule has 0 radical (unpaired) electrons. The van der Waals surface area contributed by atoms with Gasteiger partial charge in [0, 0.05) is 5.56 Å². The quantitative estimate of drug-likeness (QED) is 0.815. The Labute approximate surface area is 133 Å². The molecule has 1 fully saturated rings. The summed E-state index contributed by atoms with van der Waals surface area (Å²) in [5, 5.41) is 4.13. The Kier molecular flexibility index (Phi) is 3.90. The van der Waals surface area contributed by atoms with Crippen LogP contribution in [0, 0.1) is 5.82 Å². The topological polar surface area (TPSA) is 114 Å². The minimum Gasteiger partial charge on any atom is -0.434 e. The molecule has 1 aromatic rings. The summed E-state index contributed by atoms with van der Waals surface area (Å²) in [6, 6.07) is 4.08. The summed E-state index contributed by atoms with van der Waals surface area (Å²) in [6.07, 6.45) is -1.82. The van der Waals surface area contributed by atoms with E-state index in [1.54, 1.807) is 0 Å². The summed E-state index contributed by atoms with van der Waals surface area (Å²) in [5.41, 5.74) is 7.82. The Morgan fingerprint density at radius 1 is 1.48 bits per heavy atom. The highest BCUT2D eigenvalue weighted by molar-refractivity contribution is 8.15. The lowest BCUT2D eigenvalue weighted by Gasteiger charge is -2.16. The predicted molar refractivity (Wildman–Crippen MR) is 80.3 cm³/mol. The fourth-order valence-corrected chi connectivity index (χ4v) is 2.88. The molecule has 8 nitrogen and oxygen atoms in total. The number of carbonyl (C=O) groups excluding carboxylic acids is 3.